The fraction of sp³-hybridized carbons (Fsp3) is 1.00. The molecule has 0 heterocycles. The fourth-order valence-corrected chi connectivity index (χ4v) is 3.15. The Labute approximate surface area is 145 Å². The van der Waals surface area contributed by atoms with E-state index in [9.17, 15) is 0 Å². The summed E-state index contributed by atoms with van der Waals surface area (Å²) in [5, 5.41) is 17.5. The molecule has 0 aromatic carbocycles. The van der Waals surface area contributed by atoms with Crippen LogP contribution in [0.3, 0.4) is 0 Å². The molecule has 0 spiro atoms. The first-order valence-corrected chi connectivity index (χ1v) is 10.4. The van der Waals surface area contributed by atoms with Gasteiger partial charge in [0.15, 0.2) is 0 Å². The zero-order chi connectivity index (χ0) is 17.0. The van der Waals surface area contributed by atoms with E-state index in [1.54, 1.807) is 0 Å². The molecule has 0 saturated heterocycles. The molecule has 23 heavy (non-hydrogen) atoms. The summed E-state index contributed by atoms with van der Waals surface area (Å²) in [4.78, 5) is 0. The molecule has 0 aromatic heterocycles. The van der Waals surface area contributed by atoms with Gasteiger partial charge < -0.3 is 0 Å². The van der Waals surface area contributed by atoms with Crippen LogP contribution >= 0.6 is 0 Å². The van der Waals surface area contributed by atoms with Crippen LogP contribution in [0.15, 0.2) is 0 Å². The van der Waals surface area contributed by atoms with Crippen LogP contribution in [0, 0.1) is 0 Å². The zero-order valence-electron chi connectivity index (χ0n) is 15.8. The van der Waals surface area contributed by atoms with Gasteiger partial charge in [0.05, 0.1) is 6.54 Å². The average molecular weight is 330 g/mol. The van der Waals surface area contributed by atoms with Crippen LogP contribution in [0.2, 0.25) is 0 Å². The SMILES string of the molecule is CCCCCCCCCCCCCCCCCCCCN(O)O. The Morgan fingerprint density at radius 2 is 0.696 bits per heavy atom. The molecule has 0 aromatic rings. The molecule has 0 aliphatic rings. The van der Waals surface area contributed by atoms with Crippen molar-refractivity contribution in [2.45, 2.75) is 122 Å². The van der Waals surface area contributed by atoms with Gasteiger partial charge in [0.1, 0.15) is 0 Å². The Balaban J connectivity index is 2.95. The second kappa shape index (κ2) is 19.9. The predicted octanol–water partition coefficient (Wildman–Crippen LogP) is 7.11. The quantitative estimate of drug-likeness (QED) is 0.196. The molecule has 2 N–H and O–H groups in total. The van der Waals surface area contributed by atoms with Gasteiger partial charge in [-0.1, -0.05) is 121 Å². The van der Waals surface area contributed by atoms with Gasteiger partial charge in [0, 0.05) is 0 Å². The second-order valence-corrected chi connectivity index (χ2v) is 7.11. The van der Waals surface area contributed by atoms with Gasteiger partial charge >= 0.3 is 0 Å². The largest absolute Gasteiger partial charge is 0.290 e. The molecule has 0 rings (SSSR count). The van der Waals surface area contributed by atoms with E-state index >= 15 is 0 Å². The highest BCUT2D eigenvalue weighted by atomic mass is 16.8. The zero-order valence-corrected chi connectivity index (χ0v) is 15.8. The number of hydrogen-bond acceptors (Lipinski definition) is 3. The third kappa shape index (κ3) is 21.9. The van der Waals surface area contributed by atoms with Crippen LogP contribution in [-0.4, -0.2) is 22.2 Å². The lowest BCUT2D eigenvalue weighted by atomic mass is 10.0. The third-order valence-corrected chi connectivity index (χ3v) is 4.71. The second-order valence-electron chi connectivity index (χ2n) is 7.11. The lowest BCUT2D eigenvalue weighted by Gasteiger charge is -2.05. The van der Waals surface area contributed by atoms with E-state index in [4.69, 9.17) is 10.4 Å². The van der Waals surface area contributed by atoms with E-state index in [1.165, 1.54) is 103 Å². The number of unbranched alkanes of at least 4 members (excludes halogenated alkanes) is 17. The molecule has 0 aliphatic heterocycles. The molecular formula is C20H43NO2. The van der Waals surface area contributed by atoms with Crippen molar-refractivity contribution in [2.75, 3.05) is 6.54 Å². The van der Waals surface area contributed by atoms with Crippen LogP contribution in [0.1, 0.15) is 122 Å². The van der Waals surface area contributed by atoms with Gasteiger partial charge in [0.2, 0.25) is 0 Å². The topological polar surface area (TPSA) is 43.7 Å². The smallest absolute Gasteiger partial charge is 0.0512 e. The summed E-state index contributed by atoms with van der Waals surface area (Å²) >= 11 is 0. The minimum Gasteiger partial charge on any atom is -0.290 e. The molecular weight excluding hydrogens is 286 g/mol. The Hall–Kier alpha value is -0.120. The molecule has 0 saturated carbocycles. The van der Waals surface area contributed by atoms with Gasteiger partial charge in [-0.2, -0.15) is 0 Å². The molecule has 0 amide bonds. The molecule has 0 radical (unpaired) electrons. The predicted molar refractivity (Wildman–Crippen MR) is 99.1 cm³/mol. The van der Waals surface area contributed by atoms with Crippen molar-refractivity contribution in [1.82, 2.24) is 5.23 Å². The molecule has 3 heteroatoms. The maximum absolute atomic E-state index is 8.58. The summed E-state index contributed by atoms with van der Waals surface area (Å²) in [5.74, 6) is 0. The lowest BCUT2D eigenvalue weighted by Crippen LogP contribution is -2.14. The van der Waals surface area contributed by atoms with Crippen molar-refractivity contribution >= 4 is 0 Å². The van der Waals surface area contributed by atoms with E-state index in [2.05, 4.69) is 6.92 Å². The van der Waals surface area contributed by atoms with Crippen LogP contribution < -0.4 is 0 Å². The summed E-state index contributed by atoms with van der Waals surface area (Å²) in [7, 11) is 0. The molecule has 0 fully saturated rings. The van der Waals surface area contributed by atoms with E-state index < -0.39 is 0 Å². The van der Waals surface area contributed by atoms with Gasteiger partial charge in [-0.15, -0.1) is 0 Å². The maximum Gasteiger partial charge on any atom is 0.0512 e. The highest BCUT2D eigenvalue weighted by Crippen LogP contribution is 2.14. The van der Waals surface area contributed by atoms with E-state index in [0.29, 0.717) is 11.8 Å². The first kappa shape index (κ1) is 22.9. The van der Waals surface area contributed by atoms with Crippen molar-refractivity contribution in [3.63, 3.8) is 0 Å². The number of nitrogens with zero attached hydrogens (tertiary/aromatic N) is 1. The monoisotopic (exact) mass is 329 g/mol. The minimum absolute atomic E-state index is 0.298. The fourth-order valence-electron chi connectivity index (χ4n) is 3.15. The van der Waals surface area contributed by atoms with E-state index in [0.717, 1.165) is 12.8 Å². The summed E-state index contributed by atoms with van der Waals surface area (Å²) in [6.07, 6.45) is 24.4. The van der Waals surface area contributed by atoms with Gasteiger partial charge in [-0.05, 0) is 6.42 Å². The van der Waals surface area contributed by atoms with Crippen molar-refractivity contribution in [2.24, 2.45) is 0 Å². The Morgan fingerprint density at radius 3 is 0.957 bits per heavy atom. The standard InChI is InChI=1S/C20H43NO2/c1-2-3-4-5-6-7-8-9-10-11-12-13-14-15-16-17-18-19-20-21(22)23/h22-23H,2-20H2,1H3. The van der Waals surface area contributed by atoms with Crippen LogP contribution in [-0.2, 0) is 0 Å². The normalized spacial score (nSPS) is 11.5. The van der Waals surface area contributed by atoms with Crippen molar-refractivity contribution in [3.8, 4) is 0 Å². The summed E-state index contributed by atoms with van der Waals surface area (Å²) in [5.41, 5.74) is 0. The number of hydroxylamine groups is 2. The lowest BCUT2D eigenvalue weighted by molar-refractivity contribution is -0.306. The van der Waals surface area contributed by atoms with Gasteiger partial charge in [-0.3, -0.25) is 10.4 Å². The average Bonchev–Trinajstić information content (AvgIpc) is 2.53. The summed E-state index contributed by atoms with van der Waals surface area (Å²) < 4.78 is 0. The maximum atomic E-state index is 8.58. The summed E-state index contributed by atoms with van der Waals surface area (Å²) in [6.45, 7) is 2.66. The Morgan fingerprint density at radius 1 is 0.435 bits per heavy atom. The molecule has 0 unspecified atom stereocenters. The van der Waals surface area contributed by atoms with E-state index in [-0.39, 0.29) is 0 Å². The highest BCUT2D eigenvalue weighted by molar-refractivity contribution is 4.50. The van der Waals surface area contributed by atoms with Crippen LogP contribution in [0.4, 0.5) is 0 Å². The Bertz CT molecular complexity index is 210. The first-order chi connectivity index (χ1) is 11.3. The molecule has 0 bridgehead atoms. The first-order valence-electron chi connectivity index (χ1n) is 10.4. The Kier molecular flexibility index (Phi) is 19.8. The number of rotatable bonds is 19. The molecule has 3 nitrogen and oxygen atoms in total. The van der Waals surface area contributed by atoms with Crippen LogP contribution in [0.5, 0.6) is 0 Å². The highest BCUT2D eigenvalue weighted by Gasteiger charge is 1.96. The minimum atomic E-state index is 0.298. The van der Waals surface area contributed by atoms with Crippen molar-refractivity contribution in [3.05, 3.63) is 0 Å². The van der Waals surface area contributed by atoms with Crippen molar-refractivity contribution in [1.29, 1.82) is 0 Å². The van der Waals surface area contributed by atoms with Gasteiger partial charge in [0.25, 0.3) is 0 Å². The number of hydrogen-bond donors (Lipinski definition) is 2. The summed E-state index contributed by atoms with van der Waals surface area (Å²) in [6, 6.07) is 0. The molecule has 140 valence electrons. The van der Waals surface area contributed by atoms with Crippen LogP contribution in [0.25, 0.3) is 0 Å². The molecule has 0 atom stereocenters. The third-order valence-electron chi connectivity index (χ3n) is 4.71. The van der Waals surface area contributed by atoms with Crippen molar-refractivity contribution < 1.29 is 10.4 Å². The van der Waals surface area contributed by atoms with Gasteiger partial charge in [-0.25, -0.2) is 0 Å². The molecule has 0 aliphatic carbocycles. The van der Waals surface area contributed by atoms with E-state index in [1.807, 2.05) is 0 Å².